The van der Waals surface area contributed by atoms with E-state index in [0.717, 1.165) is 22.2 Å². The Bertz CT molecular complexity index is 782. The smallest absolute Gasteiger partial charge is 0.224 e. The highest BCUT2D eigenvalue weighted by atomic mass is 35.5. The van der Waals surface area contributed by atoms with E-state index in [1.165, 1.54) is 0 Å². The zero-order chi connectivity index (χ0) is 14.7. The van der Waals surface area contributed by atoms with Gasteiger partial charge in [-0.25, -0.2) is 4.98 Å². The summed E-state index contributed by atoms with van der Waals surface area (Å²) >= 11 is 6.06. The van der Waals surface area contributed by atoms with Gasteiger partial charge in [0, 0.05) is 11.6 Å². The number of nitrogens with zero attached hydrogens (tertiary/aromatic N) is 1. The molecule has 0 bridgehead atoms. The second-order valence-electron chi connectivity index (χ2n) is 4.80. The van der Waals surface area contributed by atoms with Crippen LogP contribution >= 0.6 is 11.6 Å². The summed E-state index contributed by atoms with van der Waals surface area (Å²) in [4.78, 5) is 19.2. The highest BCUT2D eigenvalue weighted by Crippen LogP contribution is 2.15. The molecular weight excluding hydrogens is 286 g/mol. The summed E-state index contributed by atoms with van der Waals surface area (Å²) in [6, 6.07) is 13.2. The Hall–Kier alpha value is -2.33. The van der Waals surface area contributed by atoms with Crippen LogP contribution in [0.25, 0.3) is 11.0 Å². The Kier molecular flexibility index (Phi) is 3.88. The van der Waals surface area contributed by atoms with E-state index in [4.69, 9.17) is 11.6 Å². The standard InChI is InChI=1S/C16H14ClN3O/c17-13-4-2-1-3-12(13)9-18-16(21)8-11-5-6-14-15(7-11)20-10-19-14/h1-7,10H,8-9H2,(H,18,21)(H,19,20). The topological polar surface area (TPSA) is 57.8 Å². The summed E-state index contributed by atoms with van der Waals surface area (Å²) in [5.74, 6) is -0.0335. The Morgan fingerprint density at radius 3 is 2.95 bits per heavy atom. The van der Waals surface area contributed by atoms with E-state index >= 15 is 0 Å². The lowest BCUT2D eigenvalue weighted by molar-refractivity contribution is -0.120. The Balaban J connectivity index is 1.62. The first-order chi connectivity index (χ1) is 10.2. The van der Waals surface area contributed by atoms with Crippen LogP contribution in [0.1, 0.15) is 11.1 Å². The molecule has 5 heteroatoms. The fourth-order valence-electron chi connectivity index (χ4n) is 2.18. The third kappa shape index (κ3) is 3.23. The van der Waals surface area contributed by atoms with Crippen LogP contribution in [0.3, 0.4) is 0 Å². The summed E-state index contributed by atoms with van der Waals surface area (Å²) in [6.07, 6.45) is 1.98. The van der Waals surface area contributed by atoms with Gasteiger partial charge in [-0.15, -0.1) is 0 Å². The van der Waals surface area contributed by atoms with E-state index in [9.17, 15) is 4.79 Å². The van der Waals surface area contributed by atoms with E-state index < -0.39 is 0 Å². The molecule has 1 amide bonds. The van der Waals surface area contributed by atoms with Crippen molar-refractivity contribution in [3.8, 4) is 0 Å². The molecule has 1 heterocycles. The molecule has 0 aliphatic carbocycles. The maximum Gasteiger partial charge on any atom is 0.224 e. The molecule has 2 aromatic carbocycles. The average Bonchev–Trinajstić information content (AvgIpc) is 2.94. The number of hydrogen-bond donors (Lipinski definition) is 2. The molecule has 0 saturated carbocycles. The Morgan fingerprint density at radius 1 is 1.24 bits per heavy atom. The molecule has 0 aliphatic rings. The number of fused-ring (bicyclic) bond motifs is 1. The van der Waals surface area contributed by atoms with Crippen molar-refractivity contribution >= 4 is 28.5 Å². The van der Waals surface area contributed by atoms with Gasteiger partial charge < -0.3 is 10.3 Å². The maximum absolute atomic E-state index is 12.0. The number of benzene rings is 2. The van der Waals surface area contributed by atoms with Crippen molar-refractivity contribution in [3.63, 3.8) is 0 Å². The molecule has 0 saturated heterocycles. The number of rotatable bonds is 4. The van der Waals surface area contributed by atoms with Crippen molar-refractivity contribution < 1.29 is 4.79 Å². The molecule has 0 atom stereocenters. The number of amides is 1. The van der Waals surface area contributed by atoms with Crippen LogP contribution < -0.4 is 5.32 Å². The predicted molar refractivity (Wildman–Crippen MR) is 83.1 cm³/mol. The first-order valence-electron chi connectivity index (χ1n) is 6.64. The lowest BCUT2D eigenvalue weighted by Crippen LogP contribution is -2.24. The number of nitrogens with one attached hydrogen (secondary N) is 2. The van der Waals surface area contributed by atoms with Gasteiger partial charge in [0.25, 0.3) is 0 Å². The number of carbonyl (C=O) groups excluding carboxylic acids is 1. The minimum atomic E-state index is -0.0335. The number of H-pyrrole nitrogens is 1. The molecule has 2 N–H and O–H groups in total. The third-order valence-corrected chi connectivity index (χ3v) is 3.65. The Labute approximate surface area is 127 Å². The molecule has 21 heavy (non-hydrogen) atoms. The molecule has 3 rings (SSSR count). The van der Waals surface area contributed by atoms with Gasteiger partial charge in [-0.1, -0.05) is 35.9 Å². The van der Waals surface area contributed by atoms with Crippen molar-refractivity contribution in [2.24, 2.45) is 0 Å². The molecule has 3 aromatic rings. The van der Waals surface area contributed by atoms with E-state index in [1.54, 1.807) is 6.33 Å². The molecule has 106 valence electrons. The number of hydrogen-bond acceptors (Lipinski definition) is 2. The number of halogens is 1. The average molecular weight is 300 g/mol. The van der Waals surface area contributed by atoms with E-state index in [0.29, 0.717) is 18.0 Å². The van der Waals surface area contributed by atoms with Gasteiger partial charge in [0.05, 0.1) is 23.8 Å². The third-order valence-electron chi connectivity index (χ3n) is 3.28. The number of imidazole rings is 1. The Morgan fingerprint density at radius 2 is 2.10 bits per heavy atom. The summed E-state index contributed by atoms with van der Waals surface area (Å²) < 4.78 is 0. The van der Waals surface area contributed by atoms with Gasteiger partial charge in [0.2, 0.25) is 5.91 Å². The molecule has 0 fully saturated rings. The minimum absolute atomic E-state index is 0.0335. The molecule has 0 spiro atoms. The number of aromatic nitrogens is 2. The first kappa shape index (κ1) is 13.6. The quantitative estimate of drug-likeness (QED) is 0.778. The lowest BCUT2D eigenvalue weighted by Gasteiger charge is -2.07. The SMILES string of the molecule is O=C(Cc1ccc2nc[nH]c2c1)NCc1ccccc1Cl. The van der Waals surface area contributed by atoms with Gasteiger partial charge in [-0.2, -0.15) is 0 Å². The molecule has 4 nitrogen and oxygen atoms in total. The van der Waals surface area contributed by atoms with Gasteiger partial charge >= 0.3 is 0 Å². The van der Waals surface area contributed by atoms with Crippen LogP contribution in [-0.4, -0.2) is 15.9 Å². The highest BCUT2D eigenvalue weighted by molar-refractivity contribution is 6.31. The molecular formula is C16H14ClN3O. The molecule has 0 radical (unpaired) electrons. The lowest BCUT2D eigenvalue weighted by atomic mass is 10.1. The predicted octanol–water partition coefficient (Wildman–Crippen LogP) is 3.08. The second-order valence-corrected chi connectivity index (χ2v) is 5.21. The van der Waals surface area contributed by atoms with Crippen molar-refractivity contribution in [1.82, 2.24) is 15.3 Å². The van der Waals surface area contributed by atoms with Gasteiger partial charge in [-0.3, -0.25) is 4.79 Å². The summed E-state index contributed by atoms with van der Waals surface area (Å²) in [5, 5.41) is 3.54. The van der Waals surface area contributed by atoms with Crippen molar-refractivity contribution in [1.29, 1.82) is 0 Å². The van der Waals surface area contributed by atoms with Gasteiger partial charge in [-0.05, 0) is 29.3 Å². The summed E-state index contributed by atoms with van der Waals surface area (Å²) in [6.45, 7) is 0.435. The normalized spacial score (nSPS) is 10.7. The largest absolute Gasteiger partial charge is 0.352 e. The number of aromatic amines is 1. The van der Waals surface area contributed by atoms with Crippen molar-refractivity contribution in [2.45, 2.75) is 13.0 Å². The summed E-state index contributed by atoms with van der Waals surface area (Å²) in [5.41, 5.74) is 3.70. The van der Waals surface area contributed by atoms with Gasteiger partial charge in [0.15, 0.2) is 0 Å². The molecule has 1 aromatic heterocycles. The van der Waals surface area contributed by atoms with Crippen molar-refractivity contribution in [2.75, 3.05) is 0 Å². The van der Waals surface area contributed by atoms with Crippen LogP contribution in [-0.2, 0) is 17.8 Å². The second kappa shape index (κ2) is 5.97. The first-order valence-corrected chi connectivity index (χ1v) is 7.02. The van der Waals surface area contributed by atoms with E-state index in [2.05, 4.69) is 15.3 Å². The fourth-order valence-corrected chi connectivity index (χ4v) is 2.38. The zero-order valence-corrected chi connectivity index (χ0v) is 12.0. The number of carbonyl (C=O) groups is 1. The van der Waals surface area contributed by atoms with Gasteiger partial charge in [0.1, 0.15) is 0 Å². The van der Waals surface area contributed by atoms with E-state index in [-0.39, 0.29) is 5.91 Å². The summed E-state index contributed by atoms with van der Waals surface area (Å²) in [7, 11) is 0. The van der Waals surface area contributed by atoms with Crippen molar-refractivity contribution in [3.05, 3.63) is 64.9 Å². The molecule has 0 aliphatic heterocycles. The van der Waals surface area contributed by atoms with Crippen LogP contribution in [0.2, 0.25) is 5.02 Å². The van der Waals surface area contributed by atoms with Crippen LogP contribution in [0, 0.1) is 0 Å². The zero-order valence-electron chi connectivity index (χ0n) is 11.3. The maximum atomic E-state index is 12.0. The van der Waals surface area contributed by atoms with Crippen LogP contribution in [0.4, 0.5) is 0 Å². The molecule has 0 unspecified atom stereocenters. The van der Waals surface area contributed by atoms with Crippen LogP contribution in [0.15, 0.2) is 48.8 Å². The highest BCUT2D eigenvalue weighted by Gasteiger charge is 2.06. The monoisotopic (exact) mass is 299 g/mol. The minimum Gasteiger partial charge on any atom is -0.352 e. The van der Waals surface area contributed by atoms with E-state index in [1.807, 2.05) is 42.5 Å². The fraction of sp³-hybridized carbons (Fsp3) is 0.125. The van der Waals surface area contributed by atoms with Crippen LogP contribution in [0.5, 0.6) is 0 Å².